The Balaban J connectivity index is 1.66. The Morgan fingerprint density at radius 3 is 2.91 bits per heavy atom. The van der Waals surface area contributed by atoms with Gasteiger partial charge in [0.2, 0.25) is 0 Å². The van der Waals surface area contributed by atoms with Gasteiger partial charge in [0.25, 0.3) is 0 Å². The van der Waals surface area contributed by atoms with E-state index in [9.17, 15) is 0 Å². The molecule has 2 fully saturated rings. The summed E-state index contributed by atoms with van der Waals surface area (Å²) in [6.07, 6.45) is 7.99. The van der Waals surface area contributed by atoms with Gasteiger partial charge in [-0.1, -0.05) is 0 Å². The minimum Gasteiger partial charge on any atom is -0.316 e. The summed E-state index contributed by atoms with van der Waals surface area (Å²) < 4.78 is 2.47. The number of aromatic nitrogens is 3. The number of rotatable bonds is 3. The Morgan fingerprint density at radius 2 is 2.13 bits per heavy atom. The maximum Gasteiger partial charge on any atom is 0.160 e. The van der Waals surface area contributed by atoms with Crippen molar-refractivity contribution in [2.75, 3.05) is 33.2 Å². The minimum atomic E-state index is 0.553. The van der Waals surface area contributed by atoms with Gasteiger partial charge in [-0.25, -0.2) is 9.97 Å². The zero-order chi connectivity index (χ0) is 15.6. The molecule has 2 aromatic heterocycles. The molecular weight excluding hydrogens is 286 g/mol. The van der Waals surface area contributed by atoms with Crippen LogP contribution < -0.4 is 5.32 Å². The van der Waals surface area contributed by atoms with E-state index < -0.39 is 0 Å². The smallest absolute Gasteiger partial charge is 0.160 e. The lowest BCUT2D eigenvalue weighted by Gasteiger charge is -2.31. The molecule has 1 N–H and O–H groups in total. The lowest BCUT2D eigenvalue weighted by atomic mass is 9.95. The van der Waals surface area contributed by atoms with Crippen molar-refractivity contribution >= 4 is 11.2 Å². The Kier molecular flexibility index (Phi) is 4.31. The summed E-state index contributed by atoms with van der Waals surface area (Å²) in [5.74, 6) is 1.97. The second kappa shape index (κ2) is 6.57. The van der Waals surface area contributed by atoms with Gasteiger partial charge in [-0.05, 0) is 77.0 Å². The average molecular weight is 313 g/mol. The van der Waals surface area contributed by atoms with Gasteiger partial charge in [-0.15, -0.1) is 0 Å². The van der Waals surface area contributed by atoms with Crippen LogP contribution in [0.5, 0.6) is 0 Å². The molecule has 0 aliphatic carbocycles. The predicted molar refractivity (Wildman–Crippen MR) is 92.6 cm³/mol. The van der Waals surface area contributed by atoms with Crippen molar-refractivity contribution < 1.29 is 0 Å². The van der Waals surface area contributed by atoms with E-state index in [4.69, 9.17) is 4.98 Å². The van der Waals surface area contributed by atoms with Gasteiger partial charge in [0.05, 0.1) is 0 Å². The summed E-state index contributed by atoms with van der Waals surface area (Å²) in [4.78, 5) is 12.0. The molecule has 2 saturated heterocycles. The molecule has 2 aliphatic rings. The van der Waals surface area contributed by atoms with Crippen LogP contribution in [0.2, 0.25) is 0 Å². The third kappa shape index (κ3) is 3.12. The molecule has 2 aromatic rings. The SMILES string of the molecule is CN1CCC(n2c(CC3CCCNC3)nc3cccnc32)CC1. The molecular formula is C18H27N5. The molecule has 23 heavy (non-hydrogen) atoms. The molecule has 0 bridgehead atoms. The predicted octanol–water partition coefficient (Wildman–Crippen LogP) is 2.24. The van der Waals surface area contributed by atoms with Crippen LogP contribution in [0.3, 0.4) is 0 Å². The molecule has 1 atom stereocenters. The molecule has 1 unspecified atom stereocenters. The van der Waals surface area contributed by atoms with Crippen LogP contribution in [-0.4, -0.2) is 52.7 Å². The van der Waals surface area contributed by atoms with Crippen LogP contribution in [0.25, 0.3) is 11.2 Å². The Hall–Kier alpha value is -1.46. The number of nitrogens with zero attached hydrogens (tertiary/aromatic N) is 4. The second-order valence-electron chi connectivity index (χ2n) is 7.20. The molecule has 5 heteroatoms. The highest BCUT2D eigenvalue weighted by atomic mass is 15.2. The summed E-state index contributed by atoms with van der Waals surface area (Å²) in [5.41, 5.74) is 2.14. The fourth-order valence-electron chi connectivity index (χ4n) is 4.11. The van der Waals surface area contributed by atoms with Crippen LogP contribution in [0.15, 0.2) is 18.3 Å². The first-order chi connectivity index (χ1) is 11.3. The molecule has 0 amide bonds. The van der Waals surface area contributed by atoms with Gasteiger partial charge in [-0.2, -0.15) is 0 Å². The maximum absolute atomic E-state index is 4.96. The van der Waals surface area contributed by atoms with E-state index in [0.29, 0.717) is 12.0 Å². The van der Waals surface area contributed by atoms with Gasteiger partial charge in [-0.3, -0.25) is 0 Å². The zero-order valence-electron chi connectivity index (χ0n) is 14.0. The largest absolute Gasteiger partial charge is 0.316 e. The fraction of sp³-hybridized carbons (Fsp3) is 0.667. The number of likely N-dealkylation sites (tertiary alicyclic amines) is 1. The van der Waals surface area contributed by atoms with E-state index in [-0.39, 0.29) is 0 Å². The van der Waals surface area contributed by atoms with E-state index in [0.717, 1.165) is 24.1 Å². The first-order valence-corrected chi connectivity index (χ1v) is 9.02. The van der Waals surface area contributed by atoms with Crippen molar-refractivity contribution in [1.29, 1.82) is 0 Å². The van der Waals surface area contributed by atoms with Gasteiger partial charge < -0.3 is 14.8 Å². The Morgan fingerprint density at radius 1 is 1.26 bits per heavy atom. The molecule has 0 saturated carbocycles. The Bertz CT molecular complexity index is 650. The van der Waals surface area contributed by atoms with Crippen molar-refractivity contribution in [1.82, 2.24) is 24.8 Å². The number of hydrogen-bond acceptors (Lipinski definition) is 4. The summed E-state index contributed by atoms with van der Waals surface area (Å²) in [6, 6.07) is 4.66. The number of hydrogen-bond donors (Lipinski definition) is 1. The highest BCUT2D eigenvalue weighted by molar-refractivity contribution is 5.71. The summed E-state index contributed by atoms with van der Waals surface area (Å²) in [5, 5.41) is 3.53. The van der Waals surface area contributed by atoms with E-state index in [1.165, 1.54) is 51.1 Å². The van der Waals surface area contributed by atoms with E-state index in [1.807, 2.05) is 12.3 Å². The minimum absolute atomic E-state index is 0.553. The Labute approximate surface area is 138 Å². The normalized spacial score (nSPS) is 24.3. The summed E-state index contributed by atoms with van der Waals surface area (Å²) >= 11 is 0. The lowest BCUT2D eigenvalue weighted by molar-refractivity contribution is 0.219. The average Bonchev–Trinajstić information content (AvgIpc) is 2.94. The van der Waals surface area contributed by atoms with Gasteiger partial charge in [0.15, 0.2) is 5.65 Å². The second-order valence-corrected chi connectivity index (χ2v) is 7.20. The van der Waals surface area contributed by atoms with E-state index in [1.54, 1.807) is 0 Å². The van der Waals surface area contributed by atoms with Gasteiger partial charge in [0.1, 0.15) is 11.3 Å². The molecule has 5 nitrogen and oxygen atoms in total. The maximum atomic E-state index is 4.96. The highest BCUT2D eigenvalue weighted by Gasteiger charge is 2.25. The van der Waals surface area contributed by atoms with Crippen LogP contribution in [0.4, 0.5) is 0 Å². The van der Waals surface area contributed by atoms with Crippen LogP contribution in [0, 0.1) is 5.92 Å². The number of nitrogens with one attached hydrogen (secondary N) is 1. The van der Waals surface area contributed by atoms with Crippen molar-refractivity contribution in [3.8, 4) is 0 Å². The molecule has 4 heterocycles. The summed E-state index contributed by atoms with van der Waals surface area (Å²) in [7, 11) is 2.22. The van der Waals surface area contributed by atoms with Crippen molar-refractivity contribution in [2.45, 2.75) is 38.1 Å². The van der Waals surface area contributed by atoms with Crippen molar-refractivity contribution in [3.63, 3.8) is 0 Å². The highest BCUT2D eigenvalue weighted by Crippen LogP contribution is 2.29. The van der Waals surface area contributed by atoms with E-state index >= 15 is 0 Å². The third-order valence-electron chi connectivity index (χ3n) is 5.45. The molecule has 0 radical (unpaired) electrons. The first-order valence-electron chi connectivity index (χ1n) is 9.02. The van der Waals surface area contributed by atoms with Crippen LogP contribution >= 0.6 is 0 Å². The quantitative estimate of drug-likeness (QED) is 0.944. The molecule has 4 rings (SSSR count). The standard InChI is InChI=1S/C18H27N5/c1-22-10-6-15(7-11-22)23-17(12-14-4-2-8-19-13-14)21-16-5-3-9-20-18(16)23/h3,5,9,14-15,19H,2,4,6-8,10-13H2,1H3. The van der Waals surface area contributed by atoms with Crippen molar-refractivity contribution in [2.24, 2.45) is 5.92 Å². The number of pyridine rings is 1. The number of fused-ring (bicyclic) bond motifs is 1. The van der Waals surface area contributed by atoms with Gasteiger partial charge in [0, 0.05) is 18.7 Å². The van der Waals surface area contributed by atoms with Crippen molar-refractivity contribution in [3.05, 3.63) is 24.2 Å². The van der Waals surface area contributed by atoms with Crippen LogP contribution in [0.1, 0.15) is 37.5 Å². The molecule has 0 aromatic carbocycles. The van der Waals surface area contributed by atoms with Crippen LogP contribution in [-0.2, 0) is 6.42 Å². The monoisotopic (exact) mass is 313 g/mol. The lowest BCUT2D eigenvalue weighted by Crippen LogP contribution is -2.34. The molecule has 2 aliphatic heterocycles. The number of imidazole rings is 1. The third-order valence-corrected chi connectivity index (χ3v) is 5.45. The fourth-order valence-corrected chi connectivity index (χ4v) is 4.11. The van der Waals surface area contributed by atoms with Gasteiger partial charge >= 0.3 is 0 Å². The number of piperidine rings is 2. The zero-order valence-corrected chi connectivity index (χ0v) is 14.0. The first kappa shape index (κ1) is 15.1. The van der Waals surface area contributed by atoms with E-state index in [2.05, 4.69) is 32.9 Å². The topological polar surface area (TPSA) is 46.0 Å². The summed E-state index contributed by atoms with van der Waals surface area (Å²) in [6.45, 7) is 4.64. The molecule has 124 valence electrons. The molecule has 0 spiro atoms.